The predicted molar refractivity (Wildman–Crippen MR) is 69.5 cm³/mol. The summed E-state index contributed by atoms with van der Waals surface area (Å²) >= 11 is 0. The summed E-state index contributed by atoms with van der Waals surface area (Å²) in [7, 11) is 3.66. The normalized spacial score (nSPS) is 14.5. The largest absolute Gasteiger partial charge is 0.387 e. The van der Waals surface area contributed by atoms with Crippen LogP contribution in [-0.2, 0) is 0 Å². The lowest BCUT2D eigenvalue weighted by atomic mass is 10.2. The first-order chi connectivity index (χ1) is 8.30. The van der Waals surface area contributed by atoms with Gasteiger partial charge in [-0.05, 0) is 12.8 Å². The van der Waals surface area contributed by atoms with Crippen molar-refractivity contribution in [3.05, 3.63) is 11.6 Å². The van der Waals surface area contributed by atoms with Gasteiger partial charge in [0.25, 0.3) is 0 Å². The first-order valence-corrected chi connectivity index (χ1v) is 5.85. The highest BCUT2D eigenvalue weighted by Gasteiger charge is 2.20. The highest BCUT2D eigenvalue weighted by Crippen LogP contribution is 2.29. The summed E-state index contributed by atoms with van der Waals surface area (Å²) < 4.78 is 0. The molecule has 17 heavy (non-hydrogen) atoms. The first-order valence-electron chi connectivity index (χ1n) is 5.85. The molecule has 1 saturated heterocycles. The number of nitriles is 1. The summed E-state index contributed by atoms with van der Waals surface area (Å²) in [5.41, 5.74) is 1.46. The summed E-state index contributed by atoms with van der Waals surface area (Å²) in [6, 6.07) is 4.11. The van der Waals surface area contributed by atoms with Gasteiger partial charge in [-0.2, -0.15) is 5.26 Å². The zero-order valence-corrected chi connectivity index (χ0v) is 10.2. The maximum atomic E-state index is 9.28. The predicted octanol–water partition coefficient (Wildman–Crippen LogP) is 1.64. The summed E-state index contributed by atoms with van der Waals surface area (Å²) in [6.45, 7) is 1.97. The van der Waals surface area contributed by atoms with Gasteiger partial charge in [0.2, 0.25) is 0 Å². The second-order valence-corrected chi connectivity index (χ2v) is 4.06. The first kappa shape index (κ1) is 11.5. The van der Waals surface area contributed by atoms with E-state index < -0.39 is 0 Å². The fourth-order valence-corrected chi connectivity index (χ4v) is 2.12. The number of hydrogen-bond donors (Lipinski definition) is 2. The van der Waals surface area contributed by atoms with E-state index in [0.717, 1.165) is 30.4 Å². The van der Waals surface area contributed by atoms with E-state index in [0.29, 0.717) is 5.56 Å². The Kier molecular flexibility index (Phi) is 3.33. The molecule has 5 nitrogen and oxygen atoms in total. The quantitative estimate of drug-likeness (QED) is 0.828. The molecule has 0 spiro atoms. The van der Waals surface area contributed by atoms with Gasteiger partial charge in [-0.25, -0.2) is 4.98 Å². The van der Waals surface area contributed by atoms with Crippen LogP contribution >= 0.6 is 0 Å². The summed E-state index contributed by atoms with van der Waals surface area (Å²) in [4.78, 5) is 6.69. The second kappa shape index (κ2) is 4.91. The molecule has 0 aliphatic carbocycles. The third-order valence-corrected chi connectivity index (χ3v) is 3.04. The van der Waals surface area contributed by atoms with E-state index in [1.807, 2.05) is 20.2 Å². The zero-order valence-electron chi connectivity index (χ0n) is 10.2. The Bertz CT molecular complexity index is 443. The average molecular weight is 231 g/mol. The standard InChI is InChI=1S/C12H17N5/c1-14-10-7-11(15-2)16-12(9(10)8-13)17-5-3-4-6-17/h7H,3-6H2,1-2H3,(H2,14,15,16). The van der Waals surface area contributed by atoms with Crippen molar-refractivity contribution in [2.75, 3.05) is 42.7 Å². The van der Waals surface area contributed by atoms with E-state index in [1.54, 1.807) is 0 Å². The van der Waals surface area contributed by atoms with Gasteiger partial charge in [-0.3, -0.25) is 0 Å². The van der Waals surface area contributed by atoms with Gasteiger partial charge in [-0.1, -0.05) is 0 Å². The van der Waals surface area contributed by atoms with Crippen LogP contribution in [0.25, 0.3) is 0 Å². The van der Waals surface area contributed by atoms with E-state index in [9.17, 15) is 5.26 Å². The van der Waals surface area contributed by atoms with Crippen LogP contribution in [0.3, 0.4) is 0 Å². The van der Waals surface area contributed by atoms with Gasteiger partial charge < -0.3 is 15.5 Å². The molecule has 1 aliphatic heterocycles. The third kappa shape index (κ3) is 2.11. The molecule has 0 bridgehead atoms. The van der Waals surface area contributed by atoms with Crippen LogP contribution in [-0.4, -0.2) is 32.2 Å². The maximum Gasteiger partial charge on any atom is 0.151 e. The van der Waals surface area contributed by atoms with Crippen molar-refractivity contribution >= 4 is 17.3 Å². The smallest absolute Gasteiger partial charge is 0.151 e. The average Bonchev–Trinajstić information content (AvgIpc) is 2.90. The highest BCUT2D eigenvalue weighted by atomic mass is 15.2. The lowest BCUT2D eigenvalue weighted by Gasteiger charge is -2.20. The van der Waals surface area contributed by atoms with Crippen molar-refractivity contribution in [2.24, 2.45) is 0 Å². The molecule has 0 unspecified atom stereocenters. The molecule has 1 aromatic heterocycles. The monoisotopic (exact) mass is 231 g/mol. The molecule has 0 amide bonds. The Labute approximate surface area is 101 Å². The minimum Gasteiger partial charge on any atom is -0.387 e. The van der Waals surface area contributed by atoms with Crippen molar-refractivity contribution in [1.29, 1.82) is 5.26 Å². The Balaban J connectivity index is 2.50. The molecule has 1 aromatic rings. The number of pyridine rings is 1. The topological polar surface area (TPSA) is 64.0 Å². The molecule has 0 radical (unpaired) electrons. The maximum absolute atomic E-state index is 9.28. The van der Waals surface area contributed by atoms with Crippen LogP contribution in [0.5, 0.6) is 0 Å². The molecule has 0 aromatic carbocycles. The molecular weight excluding hydrogens is 214 g/mol. The molecular formula is C12H17N5. The second-order valence-electron chi connectivity index (χ2n) is 4.06. The number of nitrogens with zero attached hydrogens (tertiary/aromatic N) is 3. The third-order valence-electron chi connectivity index (χ3n) is 3.04. The van der Waals surface area contributed by atoms with Crippen LogP contribution in [0.4, 0.5) is 17.3 Å². The van der Waals surface area contributed by atoms with E-state index >= 15 is 0 Å². The molecule has 90 valence electrons. The minimum absolute atomic E-state index is 0.633. The van der Waals surface area contributed by atoms with Gasteiger partial charge in [0.1, 0.15) is 17.5 Å². The van der Waals surface area contributed by atoms with Crippen molar-refractivity contribution in [3.8, 4) is 6.07 Å². The number of nitrogens with one attached hydrogen (secondary N) is 2. The number of hydrogen-bond acceptors (Lipinski definition) is 5. The van der Waals surface area contributed by atoms with Gasteiger partial charge >= 0.3 is 0 Å². The van der Waals surface area contributed by atoms with Gasteiger partial charge in [0.05, 0.1) is 5.69 Å². The molecule has 2 heterocycles. The molecule has 1 fully saturated rings. The highest BCUT2D eigenvalue weighted by molar-refractivity contribution is 5.72. The summed E-state index contributed by atoms with van der Waals surface area (Å²) in [6.07, 6.45) is 2.34. The number of anilines is 3. The van der Waals surface area contributed by atoms with Crippen molar-refractivity contribution in [2.45, 2.75) is 12.8 Å². The van der Waals surface area contributed by atoms with E-state index in [1.165, 1.54) is 12.8 Å². The molecule has 1 aliphatic rings. The minimum atomic E-state index is 0.633. The zero-order chi connectivity index (χ0) is 12.3. The fourth-order valence-electron chi connectivity index (χ4n) is 2.12. The molecule has 0 saturated carbocycles. The van der Waals surface area contributed by atoms with Crippen LogP contribution in [0, 0.1) is 11.3 Å². The SMILES string of the molecule is CNc1cc(NC)c(C#N)c(N2CCCC2)n1. The summed E-state index contributed by atoms with van der Waals surface area (Å²) in [5.74, 6) is 1.58. The molecule has 0 atom stereocenters. The van der Waals surface area contributed by atoms with Crippen molar-refractivity contribution in [3.63, 3.8) is 0 Å². The fraction of sp³-hybridized carbons (Fsp3) is 0.500. The van der Waals surface area contributed by atoms with Crippen LogP contribution < -0.4 is 15.5 Å². The Morgan fingerprint density at radius 3 is 2.53 bits per heavy atom. The van der Waals surface area contributed by atoms with Crippen LogP contribution in [0.2, 0.25) is 0 Å². The lowest BCUT2D eigenvalue weighted by molar-refractivity contribution is 0.935. The number of aromatic nitrogens is 1. The van der Waals surface area contributed by atoms with Crippen LogP contribution in [0.15, 0.2) is 6.07 Å². The van der Waals surface area contributed by atoms with E-state index in [-0.39, 0.29) is 0 Å². The number of rotatable bonds is 3. The molecule has 2 rings (SSSR count). The van der Waals surface area contributed by atoms with Gasteiger partial charge in [0, 0.05) is 33.3 Å². The Morgan fingerprint density at radius 1 is 1.29 bits per heavy atom. The summed E-state index contributed by atoms with van der Waals surface area (Å²) in [5, 5.41) is 15.4. The van der Waals surface area contributed by atoms with E-state index in [2.05, 4.69) is 26.6 Å². The van der Waals surface area contributed by atoms with Crippen LogP contribution in [0.1, 0.15) is 18.4 Å². The molecule has 5 heteroatoms. The Hall–Kier alpha value is -1.96. The van der Waals surface area contributed by atoms with Gasteiger partial charge in [0.15, 0.2) is 5.82 Å². The Morgan fingerprint density at radius 2 is 2.00 bits per heavy atom. The lowest BCUT2D eigenvalue weighted by Crippen LogP contribution is -2.21. The van der Waals surface area contributed by atoms with Crippen molar-refractivity contribution < 1.29 is 0 Å². The van der Waals surface area contributed by atoms with E-state index in [4.69, 9.17) is 0 Å². The van der Waals surface area contributed by atoms with Gasteiger partial charge in [-0.15, -0.1) is 0 Å². The molecule has 2 N–H and O–H groups in total. The van der Waals surface area contributed by atoms with Crippen molar-refractivity contribution in [1.82, 2.24) is 4.98 Å².